The van der Waals surface area contributed by atoms with E-state index in [0.29, 0.717) is 41.8 Å². The minimum atomic E-state index is -4.41. The Morgan fingerprint density at radius 1 is 1.16 bits per heavy atom. The lowest BCUT2D eigenvalue weighted by Crippen LogP contribution is -2.50. The fourth-order valence-electron chi connectivity index (χ4n) is 4.02. The zero-order chi connectivity index (χ0) is 23.0. The number of rotatable bonds is 5. The van der Waals surface area contributed by atoms with E-state index in [1.165, 1.54) is 17.0 Å². The molecule has 1 saturated heterocycles. The average molecular weight is 449 g/mol. The first kappa shape index (κ1) is 21.8. The molecule has 1 atom stereocenters. The van der Waals surface area contributed by atoms with Crippen molar-refractivity contribution in [2.45, 2.75) is 37.9 Å². The number of carbonyl (C=O) groups is 3. The molecule has 2 aliphatic rings. The number of hydrogen-bond acceptors (Lipinski definition) is 3. The van der Waals surface area contributed by atoms with Gasteiger partial charge in [-0.25, -0.2) is 8.78 Å². The van der Waals surface area contributed by atoms with Crippen LogP contribution in [0.3, 0.4) is 0 Å². The molecule has 10 heteroatoms. The maximum Gasteiger partial charge on any atom is 0.355 e. The van der Waals surface area contributed by atoms with Crippen molar-refractivity contribution in [3.63, 3.8) is 0 Å². The molecule has 3 amide bonds. The quantitative estimate of drug-likeness (QED) is 0.689. The third-order valence-electron chi connectivity index (χ3n) is 5.65. The van der Waals surface area contributed by atoms with E-state index in [9.17, 15) is 31.9 Å². The molecule has 2 aromatic carbocycles. The zero-order valence-electron chi connectivity index (χ0n) is 16.8. The predicted octanol–water partition coefficient (Wildman–Crippen LogP) is 2.61. The van der Waals surface area contributed by atoms with E-state index in [0.717, 1.165) is 12.5 Å². The number of nitrogens with zero attached hydrogens (tertiary/aromatic N) is 1. The summed E-state index contributed by atoms with van der Waals surface area (Å²) in [5, 5.41) is 4.72. The van der Waals surface area contributed by atoms with Crippen LogP contribution in [-0.4, -0.2) is 35.2 Å². The number of amides is 3. The normalized spacial score (nSPS) is 18.4. The number of nitrogens with one attached hydrogen (secondary N) is 2. The van der Waals surface area contributed by atoms with Gasteiger partial charge in [0.15, 0.2) is 0 Å². The average Bonchev–Trinajstić information content (AvgIpc) is 3.07. The van der Waals surface area contributed by atoms with Crippen molar-refractivity contribution >= 4 is 17.7 Å². The fourth-order valence-corrected chi connectivity index (χ4v) is 4.02. The standard InChI is InChI=1S/C22H19F4N3O3/c23-15-3-1-4-16(24)18(15)22(25,26)21(32)28-10-12-6-7-14-13(9-12)11-29(20(14)31)17-5-2-8-27-19(17)30/h1,3-4,6-7,9,17H,2,5,8,10-11H2,(H,27,30)(H,28,32). The number of alkyl halides is 2. The summed E-state index contributed by atoms with van der Waals surface area (Å²) in [5.74, 6) is -9.81. The van der Waals surface area contributed by atoms with E-state index < -0.39 is 35.1 Å². The Morgan fingerprint density at radius 3 is 2.56 bits per heavy atom. The number of fused-ring (bicyclic) bond motifs is 1. The maximum absolute atomic E-state index is 14.4. The summed E-state index contributed by atoms with van der Waals surface area (Å²) in [4.78, 5) is 38.3. The summed E-state index contributed by atoms with van der Waals surface area (Å²) in [5.41, 5.74) is -0.188. The Labute approximate surface area is 180 Å². The third-order valence-corrected chi connectivity index (χ3v) is 5.65. The van der Waals surface area contributed by atoms with Crippen LogP contribution in [0.1, 0.15) is 39.9 Å². The van der Waals surface area contributed by atoms with Gasteiger partial charge in [-0.2, -0.15) is 8.78 Å². The van der Waals surface area contributed by atoms with Crippen molar-refractivity contribution < 1.29 is 31.9 Å². The van der Waals surface area contributed by atoms with Crippen LogP contribution < -0.4 is 10.6 Å². The van der Waals surface area contributed by atoms with Gasteiger partial charge in [0, 0.05) is 25.2 Å². The molecule has 0 spiro atoms. The molecule has 0 aliphatic carbocycles. The van der Waals surface area contributed by atoms with Crippen LogP contribution in [0, 0.1) is 11.6 Å². The van der Waals surface area contributed by atoms with Crippen LogP contribution in [0.2, 0.25) is 0 Å². The van der Waals surface area contributed by atoms with E-state index in [-0.39, 0.29) is 24.9 Å². The molecule has 0 radical (unpaired) electrons. The highest BCUT2D eigenvalue weighted by Gasteiger charge is 2.45. The van der Waals surface area contributed by atoms with Crippen molar-refractivity contribution in [2.75, 3.05) is 6.54 Å². The fraction of sp³-hybridized carbons (Fsp3) is 0.318. The number of carbonyl (C=O) groups excluding carboxylic acids is 3. The first-order valence-electron chi connectivity index (χ1n) is 10.0. The van der Waals surface area contributed by atoms with Crippen LogP contribution in [0.15, 0.2) is 36.4 Å². The van der Waals surface area contributed by atoms with Crippen LogP contribution in [0.4, 0.5) is 17.6 Å². The molecule has 2 aliphatic heterocycles. The van der Waals surface area contributed by atoms with E-state index in [4.69, 9.17) is 0 Å². The molecule has 2 aromatic rings. The highest BCUT2D eigenvalue weighted by atomic mass is 19.3. The lowest BCUT2D eigenvalue weighted by atomic mass is 10.0. The number of benzene rings is 2. The zero-order valence-corrected chi connectivity index (χ0v) is 16.8. The summed E-state index contributed by atoms with van der Waals surface area (Å²) in [6, 6.07) is 6.23. The van der Waals surface area contributed by atoms with E-state index >= 15 is 0 Å². The van der Waals surface area contributed by atoms with Gasteiger partial charge in [0.05, 0.1) is 0 Å². The second-order valence-electron chi connectivity index (χ2n) is 7.73. The van der Waals surface area contributed by atoms with Gasteiger partial charge in [0.2, 0.25) is 5.91 Å². The SMILES string of the molecule is O=C1NCCCC1N1Cc2cc(CNC(=O)C(F)(F)c3c(F)cccc3F)ccc2C1=O. The van der Waals surface area contributed by atoms with E-state index in [2.05, 4.69) is 5.32 Å². The minimum absolute atomic E-state index is 0.185. The second kappa shape index (κ2) is 8.25. The van der Waals surface area contributed by atoms with Crippen LogP contribution in [0.5, 0.6) is 0 Å². The highest BCUT2D eigenvalue weighted by molar-refractivity contribution is 6.01. The first-order chi connectivity index (χ1) is 15.2. The lowest BCUT2D eigenvalue weighted by molar-refractivity contribution is -0.148. The number of hydrogen-bond donors (Lipinski definition) is 2. The molecular weight excluding hydrogens is 430 g/mol. The molecule has 6 nitrogen and oxygen atoms in total. The van der Waals surface area contributed by atoms with Crippen LogP contribution in [-0.2, 0) is 28.6 Å². The Morgan fingerprint density at radius 2 is 1.88 bits per heavy atom. The summed E-state index contributed by atoms with van der Waals surface area (Å²) in [7, 11) is 0. The smallest absolute Gasteiger partial charge is 0.354 e. The van der Waals surface area contributed by atoms with Gasteiger partial charge in [-0.3, -0.25) is 14.4 Å². The monoisotopic (exact) mass is 449 g/mol. The largest absolute Gasteiger partial charge is 0.355 e. The van der Waals surface area contributed by atoms with Crippen molar-refractivity contribution in [2.24, 2.45) is 0 Å². The molecular formula is C22H19F4N3O3. The Hall–Kier alpha value is -3.43. The Kier molecular flexibility index (Phi) is 5.62. The van der Waals surface area contributed by atoms with Gasteiger partial charge in [-0.15, -0.1) is 0 Å². The summed E-state index contributed by atoms with van der Waals surface area (Å²) in [6.07, 6.45) is 1.31. The summed E-state index contributed by atoms with van der Waals surface area (Å²) in [6.45, 7) is 0.413. The number of piperidine rings is 1. The van der Waals surface area contributed by atoms with Gasteiger partial charge in [-0.05, 0) is 42.2 Å². The third kappa shape index (κ3) is 3.80. The van der Waals surface area contributed by atoms with Gasteiger partial charge >= 0.3 is 5.92 Å². The van der Waals surface area contributed by atoms with E-state index in [1.54, 1.807) is 6.07 Å². The highest BCUT2D eigenvalue weighted by Crippen LogP contribution is 2.33. The molecule has 0 aromatic heterocycles. The molecule has 168 valence electrons. The van der Waals surface area contributed by atoms with Crippen LogP contribution in [0.25, 0.3) is 0 Å². The molecule has 0 saturated carbocycles. The van der Waals surface area contributed by atoms with Gasteiger partial charge in [0.25, 0.3) is 11.8 Å². The van der Waals surface area contributed by atoms with Gasteiger partial charge in [0.1, 0.15) is 23.2 Å². The molecule has 2 N–H and O–H groups in total. The Bertz CT molecular complexity index is 1090. The predicted molar refractivity (Wildman–Crippen MR) is 104 cm³/mol. The first-order valence-corrected chi connectivity index (χ1v) is 10.0. The maximum atomic E-state index is 14.4. The molecule has 0 bridgehead atoms. The van der Waals surface area contributed by atoms with Crippen LogP contribution >= 0.6 is 0 Å². The van der Waals surface area contributed by atoms with Crippen molar-refractivity contribution in [3.05, 3.63) is 70.3 Å². The lowest BCUT2D eigenvalue weighted by Gasteiger charge is -2.30. The number of halogens is 4. The summed E-state index contributed by atoms with van der Waals surface area (Å²) < 4.78 is 56.1. The summed E-state index contributed by atoms with van der Waals surface area (Å²) >= 11 is 0. The molecule has 4 rings (SSSR count). The molecule has 2 heterocycles. The van der Waals surface area contributed by atoms with Gasteiger partial charge in [-0.1, -0.05) is 18.2 Å². The van der Waals surface area contributed by atoms with Crippen molar-refractivity contribution in [1.29, 1.82) is 0 Å². The van der Waals surface area contributed by atoms with E-state index in [1.807, 2.05) is 5.32 Å². The van der Waals surface area contributed by atoms with Crippen molar-refractivity contribution in [1.82, 2.24) is 15.5 Å². The molecule has 1 fully saturated rings. The minimum Gasteiger partial charge on any atom is -0.354 e. The second-order valence-corrected chi connectivity index (χ2v) is 7.73. The van der Waals surface area contributed by atoms with Gasteiger partial charge < -0.3 is 15.5 Å². The molecule has 32 heavy (non-hydrogen) atoms. The van der Waals surface area contributed by atoms with Crippen molar-refractivity contribution in [3.8, 4) is 0 Å². The molecule has 1 unspecified atom stereocenters. The Balaban J connectivity index is 1.46. The topological polar surface area (TPSA) is 78.5 Å².